The van der Waals surface area contributed by atoms with E-state index in [4.69, 9.17) is 0 Å². The molecule has 0 aromatic heterocycles. The van der Waals surface area contributed by atoms with Crippen molar-refractivity contribution in [2.24, 2.45) is 5.92 Å². The first kappa shape index (κ1) is 13.2. The zero-order chi connectivity index (χ0) is 12.2. The Bertz CT molecular complexity index is 423. The Morgan fingerprint density at radius 2 is 1.81 bits per heavy atom. The van der Waals surface area contributed by atoms with Gasteiger partial charge in [-0.05, 0) is 25.0 Å². The van der Waals surface area contributed by atoms with Gasteiger partial charge in [0.2, 0.25) is 10.0 Å². The molecule has 1 rings (SSSR count). The molecule has 1 aromatic rings. The van der Waals surface area contributed by atoms with Crippen molar-refractivity contribution in [3.63, 3.8) is 0 Å². The quantitative estimate of drug-likeness (QED) is 0.860. The maximum absolute atomic E-state index is 11.9. The molecule has 0 aliphatic rings. The van der Waals surface area contributed by atoms with E-state index in [0.29, 0.717) is 17.4 Å². The van der Waals surface area contributed by atoms with Crippen LogP contribution in [0.5, 0.6) is 0 Å². The van der Waals surface area contributed by atoms with Crippen molar-refractivity contribution in [3.05, 3.63) is 29.8 Å². The van der Waals surface area contributed by atoms with E-state index in [0.717, 1.165) is 12.0 Å². The van der Waals surface area contributed by atoms with E-state index < -0.39 is 10.0 Å². The summed E-state index contributed by atoms with van der Waals surface area (Å²) in [5.41, 5.74) is 1.06. The van der Waals surface area contributed by atoms with Crippen LogP contribution in [-0.4, -0.2) is 15.0 Å². The van der Waals surface area contributed by atoms with Gasteiger partial charge in [0.15, 0.2) is 0 Å². The molecule has 1 N–H and O–H groups in total. The lowest BCUT2D eigenvalue weighted by Gasteiger charge is -2.10. The maximum Gasteiger partial charge on any atom is 0.240 e. The minimum atomic E-state index is -3.33. The van der Waals surface area contributed by atoms with Crippen molar-refractivity contribution in [3.8, 4) is 0 Å². The van der Waals surface area contributed by atoms with Crippen molar-refractivity contribution >= 4 is 10.0 Å². The van der Waals surface area contributed by atoms with Crippen LogP contribution in [0.4, 0.5) is 0 Å². The molecular formula is C12H19NO2S. The molecule has 1 atom stereocenters. The smallest absolute Gasteiger partial charge is 0.211 e. The second-order valence-electron chi connectivity index (χ2n) is 4.18. The number of benzene rings is 1. The van der Waals surface area contributed by atoms with E-state index in [1.807, 2.05) is 20.8 Å². The van der Waals surface area contributed by atoms with Crippen LogP contribution in [0.1, 0.15) is 25.8 Å². The van der Waals surface area contributed by atoms with Crippen LogP contribution in [0.2, 0.25) is 0 Å². The number of rotatable bonds is 5. The lowest BCUT2D eigenvalue weighted by molar-refractivity contribution is 0.528. The number of sulfonamides is 1. The predicted octanol–water partition coefficient (Wildman–Crippen LogP) is 2.32. The summed E-state index contributed by atoms with van der Waals surface area (Å²) in [4.78, 5) is 0.335. The molecule has 3 nitrogen and oxygen atoms in total. The van der Waals surface area contributed by atoms with Gasteiger partial charge in [0.05, 0.1) is 4.90 Å². The number of nitrogens with one attached hydrogen (secondary N) is 1. The minimum Gasteiger partial charge on any atom is -0.211 e. The third-order valence-corrected chi connectivity index (χ3v) is 4.09. The summed E-state index contributed by atoms with van der Waals surface area (Å²) in [5, 5.41) is 0. The van der Waals surface area contributed by atoms with E-state index in [1.54, 1.807) is 24.3 Å². The predicted molar refractivity (Wildman–Crippen MR) is 65.8 cm³/mol. The van der Waals surface area contributed by atoms with E-state index in [9.17, 15) is 8.42 Å². The van der Waals surface area contributed by atoms with Crippen molar-refractivity contribution in [1.82, 2.24) is 4.72 Å². The van der Waals surface area contributed by atoms with E-state index in [-0.39, 0.29) is 0 Å². The molecule has 0 saturated carbocycles. The molecule has 1 aromatic carbocycles. The van der Waals surface area contributed by atoms with Gasteiger partial charge >= 0.3 is 0 Å². The van der Waals surface area contributed by atoms with Gasteiger partial charge in [-0.15, -0.1) is 0 Å². The van der Waals surface area contributed by atoms with Gasteiger partial charge in [0, 0.05) is 6.54 Å². The van der Waals surface area contributed by atoms with Crippen LogP contribution in [0.25, 0.3) is 0 Å². The highest BCUT2D eigenvalue weighted by Crippen LogP contribution is 2.10. The second kappa shape index (κ2) is 5.46. The average molecular weight is 241 g/mol. The van der Waals surface area contributed by atoms with E-state index in [1.165, 1.54) is 0 Å². The van der Waals surface area contributed by atoms with E-state index >= 15 is 0 Å². The summed E-state index contributed by atoms with van der Waals surface area (Å²) in [6.45, 7) is 6.50. The van der Waals surface area contributed by atoms with Gasteiger partial charge < -0.3 is 0 Å². The van der Waals surface area contributed by atoms with Crippen LogP contribution in [0, 0.1) is 12.8 Å². The van der Waals surface area contributed by atoms with Crippen molar-refractivity contribution < 1.29 is 8.42 Å². The average Bonchev–Trinajstić information content (AvgIpc) is 2.26. The van der Waals surface area contributed by atoms with E-state index in [2.05, 4.69) is 4.72 Å². The molecule has 0 heterocycles. The third kappa shape index (κ3) is 3.61. The summed E-state index contributed by atoms with van der Waals surface area (Å²) in [6, 6.07) is 6.87. The highest BCUT2D eigenvalue weighted by molar-refractivity contribution is 7.89. The van der Waals surface area contributed by atoms with Gasteiger partial charge in [-0.1, -0.05) is 38.0 Å². The number of hydrogen-bond acceptors (Lipinski definition) is 2. The molecule has 4 heteroatoms. The largest absolute Gasteiger partial charge is 0.240 e. The Labute approximate surface area is 97.9 Å². The van der Waals surface area contributed by atoms with Crippen molar-refractivity contribution in [2.75, 3.05) is 6.54 Å². The van der Waals surface area contributed by atoms with Crippen LogP contribution in [0.3, 0.4) is 0 Å². The highest BCUT2D eigenvalue weighted by Gasteiger charge is 2.13. The fourth-order valence-electron chi connectivity index (χ4n) is 1.20. The second-order valence-corrected chi connectivity index (χ2v) is 5.95. The van der Waals surface area contributed by atoms with Crippen LogP contribution < -0.4 is 4.72 Å². The minimum absolute atomic E-state index is 0.335. The Balaban J connectivity index is 2.74. The molecule has 0 aliphatic carbocycles. The molecule has 0 fully saturated rings. The van der Waals surface area contributed by atoms with Crippen LogP contribution >= 0.6 is 0 Å². The lowest BCUT2D eigenvalue weighted by Crippen LogP contribution is -2.28. The number of aryl methyl sites for hydroxylation is 1. The van der Waals surface area contributed by atoms with Gasteiger partial charge in [-0.3, -0.25) is 0 Å². The normalized spacial score (nSPS) is 13.7. The highest BCUT2D eigenvalue weighted by atomic mass is 32.2. The SMILES string of the molecule is CCC(C)CNS(=O)(=O)c1ccc(C)cc1. The molecule has 90 valence electrons. The molecule has 0 saturated heterocycles. The Kier molecular flexibility index (Phi) is 4.50. The Morgan fingerprint density at radius 3 is 2.31 bits per heavy atom. The standard InChI is InChI=1S/C12H19NO2S/c1-4-10(2)9-13-16(14,15)12-7-5-11(3)6-8-12/h5-8,10,13H,4,9H2,1-3H3. The number of hydrogen-bond donors (Lipinski definition) is 1. The molecule has 0 bridgehead atoms. The summed E-state index contributed by atoms with van der Waals surface area (Å²) >= 11 is 0. The lowest BCUT2D eigenvalue weighted by atomic mass is 10.1. The summed E-state index contributed by atoms with van der Waals surface area (Å²) in [7, 11) is -3.33. The summed E-state index contributed by atoms with van der Waals surface area (Å²) in [6.07, 6.45) is 0.969. The first-order chi connectivity index (χ1) is 7.45. The molecular weight excluding hydrogens is 222 g/mol. The van der Waals surface area contributed by atoms with Gasteiger partial charge in [-0.25, -0.2) is 13.1 Å². The maximum atomic E-state index is 11.9. The fraction of sp³-hybridized carbons (Fsp3) is 0.500. The summed E-state index contributed by atoms with van der Waals surface area (Å²) < 4.78 is 26.3. The van der Waals surface area contributed by atoms with Crippen molar-refractivity contribution in [2.45, 2.75) is 32.1 Å². The van der Waals surface area contributed by atoms with Crippen molar-refractivity contribution in [1.29, 1.82) is 0 Å². The molecule has 1 unspecified atom stereocenters. The first-order valence-electron chi connectivity index (χ1n) is 5.52. The Hall–Kier alpha value is -0.870. The van der Waals surface area contributed by atoms with Crippen LogP contribution in [-0.2, 0) is 10.0 Å². The fourth-order valence-corrected chi connectivity index (χ4v) is 2.36. The summed E-state index contributed by atoms with van der Waals surface area (Å²) in [5.74, 6) is 0.361. The van der Waals surface area contributed by atoms with Gasteiger partial charge in [0.1, 0.15) is 0 Å². The molecule has 0 spiro atoms. The Morgan fingerprint density at radius 1 is 1.25 bits per heavy atom. The van der Waals surface area contributed by atoms with Gasteiger partial charge in [0.25, 0.3) is 0 Å². The third-order valence-electron chi connectivity index (χ3n) is 2.65. The first-order valence-corrected chi connectivity index (χ1v) is 7.00. The van der Waals surface area contributed by atoms with Gasteiger partial charge in [-0.2, -0.15) is 0 Å². The monoisotopic (exact) mass is 241 g/mol. The molecule has 16 heavy (non-hydrogen) atoms. The zero-order valence-corrected chi connectivity index (χ0v) is 10.8. The topological polar surface area (TPSA) is 46.2 Å². The zero-order valence-electron chi connectivity index (χ0n) is 10.0. The molecule has 0 radical (unpaired) electrons. The molecule has 0 aliphatic heterocycles. The van der Waals surface area contributed by atoms with Crippen LogP contribution in [0.15, 0.2) is 29.2 Å². The molecule has 0 amide bonds.